The number of hydrogen-bond donors (Lipinski definition) is 0. The third-order valence-corrected chi connectivity index (χ3v) is 6.21. The summed E-state index contributed by atoms with van der Waals surface area (Å²) in [6.45, 7) is 6.96. The molecule has 0 unspecified atom stereocenters. The minimum Gasteiger partial charge on any atom is -0.444 e. The molecule has 2 aromatic carbocycles. The molecule has 1 aliphatic heterocycles. The Morgan fingerprint density at radius 1 is 1.00 bits per heavy atom. The van der Waals surface area contributed by atoms with Crippen LogP contribution in [-0.2, 0) is 21.3 Å². The molecule has 0 spiro atoms. The van der Waals surface area contributed by atoms with Gasteiger partial charge in [-0.3, -0.25) is 0 Å². The van der Waals surface area contributed by atoms with Crippen molar-refractivity contribution in [2.45, 2.75) is 50.5 Å². The summed E-state index contributed by atoms with van der Waals surface area (Å²) in [5.41, 5.74) is 0.588. The van der Waals surface area contributed by atoms with Crippen LogP contribution in [0.1, 0.15) is 39.2 Å². The van der Waals surface area contributed by atoms with Crippen LogP contribution in [-0.4, -0.2) is 38.1 Å². The van der Waals surface area contributed by atoms with E-state index in [9.17, 15) is 13.2 Å². The lowest BCUT2D eigenvalue weighted by Crippen LogP contribution is -2.42. The number of para-hydroxylation sites is 1. The first-order valence-corrected chi connectivity index (χ1v) is 11.6. The molecule has 1 heterocycles. The van der Waals surface area contributed by atoms with Crippen molar-refractivity contribution in [1.82, 2.24) is 4.90 Å². The molecule has 1 saturated heterocycles. The summed E-state index contributed by atoms with van der Waals surface area (Å²) in [5, 5.41) is 0. The predicted molar refractivity (Wildman–Crippen MR) is 115 cm³/mol. The second kappa shape index (κ2) is 9.08. The molecular formula is C23H29NO5S. The number of likely N-dealkylation sites (tertiary alicyclic amines) is 1. The summed E-state index contributed by atoms with van der Waals surface area (Å²) in [6.07, 6.45) is 2.39. The van der Waals surface area contributed by atoms with Gasteiger partial charge in [-0.15, -0.1) is 0 Å². The summed E-state index contributed by atoms with van der Waals surface area (Å²) in [7, 11) is -3.85. The van der Waals surface area contributed by atoms with Crippen LogP contribution in [0.2, 0.25) is 0 Å². The van der Waals surface area contributed by atoms with E-state index in [0.717, 1.165) is 24.8 Å². The summed E-state index contributed by atoms with van der Waals surface area (Å²) in [4.78, 5) is 14.1. The smallest absolute Gasteiger partial charge is 0.410 e. The Labute approximate surface area is 178 Å². The summed E-state index contributed by atoms with van der Waals surface area (Å²) in [5.74, 6) is 0.741. The van der Waals surface area contributed by atoms with Crippen LogP contribution < -0.4 is 4.18 Å². The third kappa shape index (κ3) is 6.23. The minimum absolute atomic E-state index is 0.134. The van der Waals surface area contributed by atoms with E-state index >= 15 is 0 Å². The lowest BCUT2D eigenvalue weighted by Gasteiger charge is -2.33. The number of hydrogen-bond acceptors (Lipinski definition) is 5. The van der Waals surface area contributed by atoms with Gasteiger partial charge in [-0.25, -0.2) is 4.79 Å². The van der Waals surface area contributed by atoms with Crippen LogP contribution in [0.15, 0.2) is 59.5 Å². The second-order valence-electron chi connectivity index (χ2n) is 8.61. The Kier molecular flexibility index (Phi) is 6.71. The van der Waals surface area contributed by atoms with Crippen molar-refractivity contribution in [3.8, 4) is 5.75 Å². The van der Waals surface area contributed by atoms with E-state index in [4.69, 9.17) is 8.92 Å². The SMILES string of the molecule is CC(C)(C)OC(=O)N1CCC(Cc2ccc(S(=O)(=O)Oc3ccccc3)cc2)CC1. The molecule has 6 nitrogen and oxygen atoms in total. The number of ether oxygens (including phenoxy) is 1. The third-order valence-electron chi connectivity index (χ3n) is 4.95. The zero-order chi connectivity index (χ0) is 21.8. The molecule has 0 atom stereocenters. The van der Waals surface area contributed by atoms with Gasteiger partial charge < -0.3 is 13.8 Å². The highest BCUT2D eigenvalue weighted by Crippen LogP contribution is 2.24. The zero-order valence-corrected chi connectivity index (χ0v) is 18.5. The lowest BCUT2D eigenvalue weighted by molar-refractivity contribution is 0.0184. The van der Waals surface area contributed by atoms with Crippen molar-refractivity contribution < 1.29 is 22.1 Å². The first-order chi connectivity index (χ1) is 14.1. The highest BCUT2D eigenvalue weighted by Gasteiger charge is 2.27. The van der Waals surface area contributed by atoms with Gasteiger partial charge in [0.2, 0.25) is 0 Å². The second-order valence-corrected chi connectivity index (χ2v) is 10.2. The fourth-order valence-electron chi connectivity index (χ4n) is 3.42. The molecule has 30 heavy (non-hydrogen) atoms. The molecule has 0 aromatic heterocycles. The highest BCUT2D eigenvalue weighted by molar-refractivity contribution is 7.87. The first-order valence-electron chi connectivity index (χ1n) is 10.2. The first kappa shape index (κ1) is 22.2. The number of nitrogens with zero attached hydrogens (tertiary/aromatic N) is 1. The summed E-state index contributed by atoms with van der Waals surface area (Å²) >= 11 is 0. The molecule has 0 bridgehead atoms. The molecule has 1 amide bonds. The normalized spacial score (nSPS) is 15.6. The average molecular weight is 432 g/mol. The fourth-order valence-corrected chi connectivity index (χ4v) is 4.35. The molecule has 0 N–H and O–H groups in total. The van der Waals surface area contributed by atoms with E-state index in [1.54, 1.807) is 47.4 Å². The predicted octanol–water partition coefficient (Wildman–Crippen LogP) is 4.64. The molecule has 0 aliphatic carbocycles. The van der Waals surface area contributed by atoms with Crippen LogP contribution in [0.4, 0.5) is 4.79 Å². The van der Waals surface area contributed by atoms with Gasteiger partial charge in [-0.2, -0.15) is 8.42 Å². The Balaban J connectivity index is 1.53. The fraction of sp³-hybridized carbons (Fsp3) is 0.435. The minimum atomic E-state index is -3.85. The van der Waals surface area contributed by atoms with Crippen molar-refractivity contribution in [1.29, 1.82) is 0 Å². The van der Waals surface area contributed by atoms with Gasteiger partial charge in [0, 0.05) is 13.1 Å². The standard InChI is InChI=1S/C23H29NO5S/c1-23(2,3)28-22(25)24-15-13-19(14-16-24)17-18-9-11-21(12-10-18)30(26,27)29-20-7-5-4-6-8-20/h4-12,19H,13-17H2,1-3H3. The molecular weight excluding hydrogens is 402 g/mol. The van der Waals surface area contributed by atoms with Gasteiger partial charge in [0.15, 0.2) is 0 Å². The van der Waals surface area contributed by atoms with Crippen LogP contribution in [0.25, 0.3) is 0 Å². The molecule has 2 aromatic rings. The number of benzene rings is 2. The largest absolute Gasteiger partial charge is 0.444 e. The monoisotopic (exact) mass is 431 g/mol. The lowest BCUT2D eigenvalue weighted by atomic mass is 9.90. The Morgan fingerprint density at radius 3 is 2.17 bits per heavy atom. The number of amides is 1. The topological polar surface area (TPSA) is 72.9 Å². The van der Waals surface area contributed by atoms with E-state index in [1.165, 1.54) is 0 Å². The van der Waals surface area contributed by atoms with E-state index in [2.05, 4.69) is 0 Å². The van der Waals surface area contributed by atoms with Gasteiger partial charge in [-0.1, -0.05) is 30.3 Å². The highest BCUT2D eigenvalue weighted by atomic mass is 32.2. The van der Waals surface area contributed by atoms with Gasteiger partial charge in [0.25, 0.3) is 0 Å². The van der Waals surface area contributed by atoms with Crippen LogP contribution in [0, 0.1) is 5.92 Å². The number of carbonyl (C=O) groups is 1. The van der Waals surface area contributed by atoms with Crippen molar-refractivity contribution in [2.24, 2.45) is 5.92 Å². The number of carbonyl (C=O) groups excluding carboxylic acids is 1. The number of rotatable bonds is 5. The Hall–Kier alpha value is -2.54. The molecule has 3 rings (SSSR count). The van der Waals surface area contributed by atoms with Gasteiger partial charge in [0.1, 0.15) is 16.2 Å². The Morgan fingerprint density at radius 2 is 1.60 bits per heavy atom. The van der Waals surface area contributed by atoms with E-state index in [0.29, 0.717) is 24.8 Å². The van der Waals surface area contributed by atoms with Gasteiger partial charge in [-0.05, 0) is 75.8 Å². The van der Waals surface area contributed by atoms with E-state index < -0.39 is 15.7 Å². The van der Waals surface area contributed by atoms with E-state index in [1.807, 2.05) is 32.9 Å². The molecule has 0 radical (unpaired) electrons. The molecule has 1 aliphatic rings. The molecule has 162 valence electrons. The van der Waals surface area contributed by atoms with Crippen LogP contribution >= 0.6 is 0 Å². The van der Waals surface area contributed by atoms with Crippen LogP contribution in [0.3, 0.4) is 0 Å². The van der Waals surface area contributed by atoms with Crippen molar-refractivity contribution in [3.05, 3.63) is 60.2 Å². The summed E-state index contributed by atoms with van der Waals surface area (Å²) < 4.78 is 35.5. The molecule has 7 heteroatoms. The van der Waals surface area contributed by atoms with Crippen LogP contribution in [0.5, 0.6) is 5.75 Å². The Bertz CT molecular complexity index is 941. The maximum Gasteiger partial charge on any atom is 0.410 e. The molecule has 0 saturated carbocycles. The van der Waals surface area contributed by atoms with Crippen molar-refractivity contribution >= 4 is 16.2 Å². The van der Waals surface area contributed by atoms with Gasteiger partial charge >= 0.3 is 16.2 Å². The quantitative estimate of drug-likeness (QED) is 0.645. The molecule has 1 fully saturated rings. The van der Waals surface area contributed by atoms with Gasteiger partial charge in [0.05, 0.1) is 0 Å². The van der Waals surface area contributed by atoms with Crippen molar-refractivity contribution in [3.63, 3.8) is 0 Å². The maximum absolute atomic E-state index is 12.4. The van der Waals surface area contributed by atoms with E-state index in [-0.39, 0.29) is 11.0 Å². The number of piperidine rings is 1. The maximum atomic E-state index is 12.4. The zero-order valence-electron chi connectivity index (χ0n) is 17.7. The average Bonchev–Trinajstić information content (AvgIpc) is 2.68. The summed E-state index contributed by atoms with van der Waals surface area (Å²) in [6, 6.07) is 15.3. The van der Waals surface area contributed by atoms with Crippen molar-refractivity contribution in [2.75, 3.05) is 13.1 Å².